The molecule has 2 N–H and O–H groups in total. The fourth-order valence-corrected chi connectivity index (χ4v) is 1.69. The van der Waals surface area contributed by atoms with E-state index in [1.807, 2.05) is 6.07 Å². The van der Waals surface area contributed by atoms with Gasteiger partial charge in [-0.25, -0.2) is 4.79 Å². The Hall–Kier alpha value is -1.74. The third-order valence-corrected chi connectivity index (χ3v) is 2.45. The van der Waals surface area contributed by atoms with E-state index in [2.05, 4.69) is 4.98 Å². The molecule has 0 fully saturated rings. The second-order valence-corrected chi connectivity index (χ2v) is 3.46. The Bertz CT molecular complexity index is 505. The zero-order valence-electron chi connectivity index (χ0n) is 7.70. The average Bonchev–Trinajstić information content (AvgIpc) is 2.67. The number of nitrogens with one attached hydrogen (secondary N) is 1. The van der Waals surface area contributed by atoms with Crippen molar-refractivity contribution in [2.24, 2.45) is 0 Å². The van der Waals surface area contributed by atoms with Gasteiger partial charge in [-0.15, -0.1) is 0 Å². The van der Waals surface area contributed by atoms with Gasteiger partial charge in [0.2, 0.25) is 0 Å². The highest BCUT2D eigenvalue weighted by atomic mass is 35.5. The first-order valence-corrected chi connectivity index (χ1v) is 4.73. The molecule has 0 aliphatic heterocycles. The van der Waals surface area contributed by atoms with E-state index in [-0.39, 0.29) is 5.69 Å². The molecule has 0 amide bonds. The zero-order valence-corrected chi connectivity index (χ0v) is 8.45. The molecule has 4 heteroatoms. The first-order valence-electron chi connectivity index (χ1n) is 4.35. The van der Waals surface area contributed by atoms with Crippen LogP contribution in [0.3, 0.4) is 0 Å². The van der Waals surface area contributed by atoms with Crippen LogP contribution in [-0.4, -0.2) is 16.1 Å². The number of carbonyl (C=O) groups is 1. The summed E-state index contributed by atoms with van der Waals surface area (Å²) in [5.41, 5.74) is 1.48. The van der Waals surface area contributed by atoms with E-state index in [0.29, 0.717) is 10.6 Å². The molecule has 1 aromatic heterocycles. The maximum atomic E-state index is 10.9. The van der Waals surface area contributed by atoms with Crippen molar-refractivity contribution in [3.8, 4) is 11.1 Å². The number of rotatable bonds is 2. The number of aromatic amines is 1. The van der Waals surface area contributed by atoms with Gasteiger partial charge in [0.1, 0.15) is 5.69 Å². The Morgan fingerprint density at radius 1 is 1.20 bits per heavy atom. The van der Waals surface area contributed by atoms with E-state index in [0.717, 1.165) is 5.56 Å². The largest absolute Gasteiger partial charge is 0.477 e. The number of H-pyrrole nitrogens is 1. The van der Waals surface area contributed by atoms with Gasteiger partial charge < -0.3 is 10.1 Å². The lowest BCUT2D eigenvalue weighted by Gasteiger charge is -2.02. The van der Waals surface area contributed by atoms with E-state index >= 15 is 0 Å². The molecule has 0 spiro atoms. The van der Waals surface area contributed by atoms with Gasteiger partial charge in [-0.05, 0) is 12.1 Å². The number of aromatic carboxylic acids is 1. The standard InChI is InChI=1S/C11H8ClNO2/c12-9-4-2-1-3-7(9)8-5-6-13-10(8)11(14)15/h1-6,13H,(H,14,15). The van der Waals surface area contributed by atoms with Gasteiger partial charge in [0.05, 0.1) is 0 Å². The molecule has 2 aromatic rings. The highest BCUT2D eigenvalue weighted by Gasteiger charge is 2.14. The predicted molar refractivity (Wildman–Crippen MR) is 58.2 cm³/mol. The summed E-state index contributed by atoms with van der Waals surface area (Å²) < 4.78 is 0. The van der Waals surface area contributed by atoms with Gasteiger partial charge in [0, 0.05) is 22.3 Å². The second-order valence-electron chi connectivity index (χ2n) is 3.05. The highest BCUT2D eigenvalue weighted by molar-refractivity contribution is 6.33. The summed E-state index contributed by atoms with van der Waals surface area (Å²) in [6, 6.07) is 8.84. The molecule has 0 atom stereocenters. The van der Waals surface area contributed by atoms with Gasteiger partial charge >= 0.3 is 5.97 Å². The molecule has 0 aliphatic carbocycles. The lowest BCUT2D eigenvalue weighted by atomic mass is 10.1. The molecule has 0 unspecified atom stereocenters. The maximum Gasteiger partial charge on any atom is 0.352 e. The number of hydrogen-bond acceptors (Lipinski definition) is 1. The van der Waals surface area contributed by atoms with Crippen LogP contribution in [0.4, 0.5) is 0 Å². The normalized spacial score (nSPS) is 10.2. The molecule has 0 bridgehead atoms. The van der Waals surface area contributed by atoms with Crippen molar-refractivity contribution in [2.75, 3.05) is 0 Å². The first-order chi connectivity index (χ1) is 7.20. The predicted octanol–water partition coefficient (Wildman–Crippen LogP) is 3.03. The van der Waals surface area contributed by atoms with Crippen LogP contribution in [0.5, 0.6) is 0 Å². The van der Waals surface area contributed by atoms with Crippen molar-refractivity contribution in [3.05, 3.63) is 47.2 Å². The third kappa shape index (κ3) is 1.74. The van der Waals surface area contributed by atoms with E-state index in [1.165, 1.54) is 0 Å². The van der Waals surface area contributed by atoms with Crippen LogP contribution in [0, 0.1) is 0 Å². The van der Waals surface area contributed by atoms with Crippen LogP contribution in [0.1, 0.15) is 10.5 Å². The SMILES string of the molecule is O=C(O)c1[nH]ccc1-c1ccccc1Cl. The average molecular weight is 222 g/mol. The van der Waals surface area contributed by atoms with Gasteiger partial charge in [0.15, 0.2) is 0 Å². The summed E-state index contributed by atoms with van der Waals surface area (Å²) in [6.07, 6.45) is 1.59. The van der Waals surface area contributed by atoms with Crippen LogP contribution < -0.4 is 0 Å². The smallest absolute Gasteiger partial charge is 0.352 e. The Morgan fingerprint density at radius 3 is 2.60 bits per heavy atom. The number of carboxylic acid groups (broad SMARTS) is 1. The zero-order chi connectivity index (χ0) is 10.8. The molecule has 1 heterocycles. The van der Waals surface area contributed by atoms with Crippen molar-refractivity contribution in [3.63, 3.8) is 0 Å². The summed E-state index contributed by atoms with van der Waals surface area (Å²) in [5.74, 6) is -0.991. The van der Waals surface area contributed by atoms with E-state index < -0.39 is 5.97 Å². The highest BCUT2D eigenvalue weighted by Crippen LogP contribution is 2.29. The van der Waals surface area contributed by atoms with Crippen molar-refractivity contribution >= 4 is 17.6 Å². The molecule has 15 heavy (non-hydrogen) atoms. The van der Waals surface area contributed by atoms with Crippen molar-refractivity contribution in [1.29, 1.82) is 0 Å². The van der Waals surface area contributed by atoms with E-state index in [9.17, 15) is 4.79 Å². The van der Waals surface area contributed by atoms with Crippen molar-refractivity contribution < 1.29 is 9.90 Å². The molecule has 2 rings (SSSR count). The Kier molecular flexibility index (Phi) is 2.47. The van der Waals surface area contributed by atoms with Gasteiger partial charge in [-0.2, -0.15) is 0 Å². The molecule has 76 valence electrons. The number of halogens is 1. The Balaban J connectivity index is 2.59. The number of hydrogen-bond donors (Lipinski definition) is 2. The summed E-state index contributed by atoms with van der Waals surface area (Å²) in [5, 5.41) is 9.47. The number of benzene rings is 1. The molecular weight excluding hydrogens is 214 g/mol. The Labute approximate surface area is 91.3 Å². The lowest BCUT2D eigenvalue weighted by Crippen LogP contribution is -1.98. The molecular formula is C11H8ClNO2. The summed E-state index contributed by atoms with van der Waals surface area (Å²) in [6.45, 7) is 0. The summed E-state index contributed by atoms with van der Waals surface area (Å²) in [4.78, 5) is 13.6. The molecule has 3 nitrogen and oxygen atoms in total. The fourth-order valence-electron chi connectivity index (χ4n) is 1.45. The first kappa shape index (κ1) is 9.80. The van der Waals surface area contributed by atoms with Crippen molar-refractivity contribution in [2.45, 2.75) is 0 Å². The minimum atomic E-state index is -0.991. The van der Waals surface area contributed by atoms with Gasteiger partial charge in [-0.3, -0.25) is 0 Å². The minimum Gasteiger partial charge on any atom is -0.477 e. The number of aromatic nitrogens is 1. The quantitative estimate of drug-likeness (QED) is 0.819. The van der Waals surface area contributed by atoms with Crippen LogP contribution in [0.15, 0.2) is 36.5 Å². The van der Waals surface area contributed by atoms with Crippen LogP contribution in [0.2, 0.25) is 5.02 Å². The number of carboxylic acids is 1. The van der Waals surface area contributed by atoms with Crippen LogP contribution in [-0.2, 0) is 0 Å². The molecule has 0 radical (unpaired) electrons. The van der Waals surface area contributed by atoms with Gasteiger partial charge in [0.25, 0.3) is 0 Å². The molecule has 0 saturated heterocycles. The topological polar surface area (TPSA) is 53.1 Å². The minimum absolute atomic E-state index is 0.156. The molecule has 0 aliphatic rings. The van der Waals surface area contributed by atoms with E-state index in [1.54, 1.807) is 30.5 Å². The third-order valence-electron chi connectivity index (χ3n) is 2.12. The summed E-state index contributed by atoms with van der Waals surface area (Å²) >= 11 is 5.99. The van der Waals surface area contributed by atoms with E-state index in [4.69, 9.17) is 16.7 Å². The molecule has 1 aromatic carbocycles. The fraction of sp³-hybridized carbons (Fsp3) is 0. The van der Waals surface area contributed by atoms with Gasteiger partial charge in [-0.1, -0.05) is 29.8 Å². The lowest BCUT2D eigenvalue weighted by molar-refractivity contribution is 0.0692. The van der Waals surface area contributed by atoms with Crippen LogP contribution in [0.25, 0.3) is 11.1 Å². The van der Waals surface area contributed by atoms with Crippen molar-refractivity contribution in [1.82, 2.24) is 4.98 Å². The monoisotopic (exact) mass is 221 g/mol. The second kappa shape index (κ2) is 3.79. The van der Waals surface area contributed by atoms with Crippen LogP contribution >= 0.6 is 11.6 Å². The molecule has 0 saturated carbocycles. The Morgan fingerprint density at radius 2 is 1.93 bits per heavy atom. The maximum absolute atomic E-state index is 10.9. The summed E-state index contributed by atoms with van der Waals surface area (Å²) in [7, 11) is 0.